The SMILES string of the molecule is CCN(CC)c1ccc(C2(c3ccc(N(CC)CC)cc3N(C)C)OC(=O)c3ncccc32)c(N(C)C)c1. The van der Waals surface area contributed by atoms with E-state index >= 15 is 0 Å². The molecule has 0 unspecified atom stereocenters. The molecule has 0 spiro atoms. The van der Waals surface area contributed by atoms with Crippen LogP contribution in [0.4, 0.5) is 22.7 Å². The molecule has 3 aromatic rings. The number of hydrogen-bond acceptors (Lipinski definition) is 7. The Kier molecular flexibility index (Phi) is 7.86. The van der Waals surface area contributed by atoms with Crippen LogP contribution < -0.4 is 19.6 Å². The second kappa shape index (κ2) is 10.9. The molecule has 0 N–H and O–H groups in total. The van der Waals surface area contributed by atoms with Crippen molar-refractivity contribution in [3.63, 3.8) is 0 Å². The van der Waals surface area contributed by atoms with Crippen LogP contribution in [0.5, 0.6) is 0 Å². The van der Waals surface area contributed by atoms with Gasteiger partial charge in [0.1, 0.15) is 0 Å². The molecule has 0 aliphatic carbocycles. The largest absolute Gasteiger partial charge is 0.439 e. The Morgan fingerprint density at radius 1 is 0.711 bits per heavy atom. The molecule has 0 amide bonds. The third-order valence-corrected chi connectivity index (χ3v) is 7.57. The normalized spacial score (nSPS) is 13.6. The highest BCUT2D eigenvalue weighted by Gasteiger charge is 2.52. The first kappa shape index (κ1) is 27.3. The Labute approximate surface area is 227 Å². The standard InChI is InChI=1S/C31H41N5O2/c1-9-35(10-2)22-15-17-24(27(20-22)33(5)6)31(26-14-13-19-32-29(26)30(37)38-31)25-18-16-23(36(11-3)12-4)21-28(25)34(7)8/h13-21H,9-12H2,1-8H3. The van der Waals surface area contributed by atoms with E-state index in [9.17, 15) is 4.79 Å². The average molecular weight is 516 g/mol. The molecule has 7 heteroatoms. The molecular formula is C31H41N5O2. The summed E-state index contributed by atoms with van der Waals surface area (Å²) < 4.78 is 6.50. The van der Waals surface area contributed by atoms with Gasteiger partial charge >= 0.3 is 5.97 Å². The first-order valence-electron chi connectivity index (χ1n) is 13.6. The number of nitrogens with zero attached hydrogens (tertiary/aromatic N) is 5. The maximum atomic E-state index is 13.4. The molecular weight excluding hydrogens is 474 g/mol. The van der Waals surface area contributed by atoms with Gasteiger partial charge in [-0.2, -0.15) is 0 Å². The number of carbonyl (C=O) groups is 1. The number of carbonyl (C=O) groups excluding carboxylic acids is 1. The number of ether oxygens (including phenoxy) is 1. The first-order valence-corrected chi connectivity index (χ1v) is 13.6. The summed E-state index contributed by atoms with van der Waals surface area (Å²) in [4.78, 5) is 26.7. The van der Waals surface area contributed by atoms with Gasteiger partial charge in [-0.05, 0) is 58.0 Å². The quantitative estimate of drug-likeness (QED) is 0.337. The number of anilines is 4. The Bertz CT molecular complexity index is 1230. The summed E-state index contributed by atoms with van der Waals surface area (Å²) in [6.45, 7) is 12.3. The summed E-state index contributed by atoms with van der Waals surface area (Å²) in [5.41, 5.74) is 6.08. The Morgan fingerprint density at radius 3 is 1.61 bits per heavy atom. The highest BCUT2D eigenvalue weighted by atomic mass is 16.6. The van der Waals surface area contributed by atoms with Gasteiger partial charge < -0.3 is 24.3 Å². The zero-order valence-corrected chi connectivity index (χ0v) is 24.1. The van der Waals surface area contributed by atoms with E-state index in [0.717, 1.165) is 65.6 Å². The minimum atomic E-state index is -1.15. The lowest BCUT2D eigenvalue weighted by Crippen LogP contribution is -2.34. The summed E-state index contributed by atoms with van der Waals surface area (Å²) in [5.74, 6) is -0.407. The third kappa shape index (κ3) is 4.44. The first-order chi connectivity index (χ1) is 18.2. The fourth-order valence-corrected chi connectivity index (χ4v) is 5.59. The topological polar surface area (TPSA) is 52.2 Å². The maximum Gasteiger partial charge on any atom is 0.358 e. The van der Waals surface area contributed by atoms with Gasteiger partial charge in [0.15, 0.2) is 11.3 Å². The summed E-state index contributed by atoms with van der Waals surface area (Å²) in [5, 5.41) is 0. The molecule has 1 aliphatic heterocycles. The summed E-state index contributed by atoms with van der Waals surface area (Å²) >= 11 is 0. The number of hydrogen-bond donors (Lipinski definition) is 0. The van der Waals surface area contributed by atoms with E-state index in [-0.39, 0.29) is 0 Å². The molecule has 7 nitrogen and oxygen atoms in total. The van der Waals surface area contributed by atoms with Crippen LogP contribution in [0.3, 0.4) is 0 Å². The number of esters is 1. The monoisotopic (exact) mass is 515 g/mol. The van der Waals surface area contributed by atoms with Gasteiger partial charge in [-0.3, -0.25) is 0 Å². The minimum Gasteiger partial charge on any atom is -0.439 e. The highest BCUT2D eigenvalue weighted by molar-refractivity contribution is 5.95. The average Bonchev–Trinajstić information content (AvgIpc) is 3.23. The zero-order chi connectivity index (χ0) is 27.6. The van der Waals surface area contributed by atoms with Crippen molar-refractivity contribution in [3.05, 3.63) is 77.1 Å². The molecule has 0 saturated heterocycles. The number of cyclic esters (lactones) is 1. The van der Waals surface area contributed by atoms with Crippen LogP contribution in [-0.2, 0) is 10.3 Å². The van der Waals surface area contributed by atoms with Crippen LogP contribution in [0.2, 0.25) is 0 Å². The molecule has 202 valence electrons. The van der Waals surface area contributed by atoms with E-state index in [1.807, 2.05) is 40.3 Å². The van der Waals surface area contributed by atoms with E-state index < -0.39 is 11.6 Å². The minimum absolute atomic E-state index is 0.363. The van der Waals surface area contributed by atoms with Crippen LogP contribution in [-0.4, -0.2) is 65.3 Å². The van der Waals surface area contributed by atoms with Gasteiger partial charge in [-0.25, -0.2) is 9.78 Å². The lowest BCUT2D eigenvalue weighted by Gasteiger charge is -2.37. The van der Waals surface area contributed by atoms with Gasteiger partial charge in [0.25, 0.3) is 0 Å². The fourth-order valence-electron chi connectivity index (χ4n) is 5.59. The highest BCUT2D eigenvalue weighted by Crippen LogP contribution is 2.52. The van der Waals surface area contributed by atoms with Gasteiger partial charge in [0, 0.05) is 100 Å². The predicted octanol–water partition coefficient (Wildman–Crippen LogP) is 5.37. The van der Waals surface area contributed by atoms with E-state index in [0.29, 0.717) is 5.69 Å². The Balaban J connectivity index is 2.08. The summed E-state index contributed by atoms with van der Waals surface area (Å²) in [7, 11) is 8.15. The van der Waals surface area contributed by atoms with Crippen LogP contribution in [0.25, 0.3) is 0 Å². The summed E-state index contributed by atoms with van der Waals surface area (Å²) in [6.07, 6.45) is 1.66. The lowest BCUT2D eigenvalue weighted by atomic mass is 9.78. The van der Waals surface area contributed by atoms with Gasteiger partial charge in [-0.15, -0.1) is 0 Å². The molecule has 38 heavy (non-hydrogen) atoms. The van der Waals surface area contributed by atoms with Crippen molar-refractivity contribution in [2.45, 2.75) is 33.3 Å². The molecule has 0 atom stereocenters. The van der Waals surface area contributed by atoms with Crippen LogP contribution >= 0.6 is 0 Å². The van der Waals surface area contributed by atoms with E-state index in [1.54, 1.807) is 6.20 Å². The number of rotatable bonds is 10. The predicted molar refractivity (Wildman–Crippen MR) is 158 cm³/mol. The number of pyridine rings is 1. The van der Waals surface area contributed by atoms with Crippen molar-refractivity contribution in [1.82, 2.24) is 4.98 Å². The second-order valence-electron chi connectivity index (χ2n) is 10.0. The van der Waals surface area contributed by atoms with Crippen LogP contribution in [0.1, 0.15) is 54.9 Å². The van der Waals surface area contributed by atoms with Crippen molar-refractivity contribution >= 4 is 28.7 Å². The van der Waals surface area contributed by atoms with E-state index in [4.69, 9.17) is 4.74 Å². The maximum absolute atomic E-state index is 13.4. The van der Waals surface area contributed by atoms with Crippen molar-refractivity contribution in [2.24, 2.45) is 0 Å². The molecule has 0 bridgehead atoms. The molecule has 0 radical (unpaired) electrons. The van der Waals surface area contributed by atoms with Crippen molar-refractivity contribution in [1.29, 1.82) is 0 Å². The third-order valence-electron chi connectivity index (χ3n) is 7.57. The number of fused-ring (bicyclic) bond motifs is 1. The Morgan fingerprint density at radius 2 is 1.18 bits per heavy atom. The molecule has 0 saturated carbocycles. The van der Waals surface area contributed by atoms with Crippen molar-refractivity contribution in [3.8, 4) is 0 Å². The fraction of sp³-hybridized carbons (Fsp3) is 0.419. The van der Waals surface area contributed by atoms with Crippen LogP contribution in [0, 0.1) is 0 Å². The summed E-state index contributed by atoms with van der Waals surface area (Å²) in [6, 6.07) is 16.8. The molecule has 1 aliphatic rings. The van der Waals surface area contributed by atoms with E-state index in [2.05, 4.69) is 88.7 Å². The molecule has 4 rings (SSSR count). The second-order valence-corrected chi connectivity index (χ2v) is 10.0. The zero-order valence-electron chi connectivity index (χ0n) is 24.1. The van der Waals surface area contributed by atoms with Crippen molar-refractivity contribution in [2.75, 3.05) is 74.0 Å². The smallest absolute Gasteiger partial charge is 0.358 e. The van der Waals surface area contributed by atoms with Gasteiger partial charge in [0.2, 0.25) is 0 Å². The van der Waals surface area contributed by atoms with E-state index in [1.165, 1.54) is 0 Å². The molecule has 0 fully saturated rings. The van der Waals surface area contributed by atoms with Crippen molar-refractivity contribution < 1.29 is 9.53 Å². The van der Waals surface area contributed by atoms with Gasteiger partial charge in [0.05, 0.1) is 0 Å². The Hall–Kier alpha value is -3.74. The lowest BCUT2D eigenvalue weighted by molar-refractivity contribution is 0.0252. The van der Waals surface area contributed by atoms with Gasteiger partial charge in [-0.1, -0.05) is 18.2 Å². The number of benzene rings is 2. The molecule has 2 aromatic carbocycles. The van der Waals surface area contributed by atoms with Crippen LogP contribution in [0.15, 0.2) is 54.7 Å². The number of aromatic nitrogens is 1. The molecule has 1 aromatic heterocycles. The molecule has 2 heterocycles.